The lowest BCUT2D eigenvalue weighted by Gasteiger charge is -2.09. The summed E-state index contributed by atoms with van der Waals surface area (Å²) in [5, 5.41) is 4.43. The standard InChI is InChI=1S/C47H33N3O/c1-31(33-15-6-3-7-16-33)48-47(49-32(2)34-17-8-4-9-18-34)40-22-14-24-44-46(40)39-27-25-36(30-45(39)51-44)35-26-28-43-41(29-35)38-21-12-13-23-42(38)50(43)37-19-10-5-11-20-37/h3-30H,1H2,2H3. The van der Waals surface area contributed by atoms with Crippen LogP contribution in [0.1, 0.15) is 23.6 Å². The van der Waals surface area contributed by atoms with E-state index < -0.39 is 0 Å². The summed E-state index contributed by atoms with van der Waals surface area (Å²) in [5.74, 6) is 0.586. The van der Waals surface area contributed by atoms with Crippen molar-refractivity contribution in [1.82, 2.24) is 4.57 Å². The lowest BCUT2D eigenvalue weighted by molar-refractivity contribution is 0.669. The van der Waals surface area contributed by atoms with Gasteiger partial charge in [0, 0.05) is 38.5 Å². The molecule has 0 spiro atoms. The fourth-order valence-electron chi connectivity index (χ4n) is 7.07. The van der Waals surface area contributed by atoms with E-state index in [2.05, 4.69) is 120 Å². The van der Waals surface area contributed by atoms with Crippen LogP contribution in [0.2, 0.25) is 0 Å². The molecule has 0 amide bonds. The normalized spacial score (nSPS) is 12.3. The first-order chi connectivity index (χ1) is 25.1. The number of furan rings is 1. The second-order valence-corrected chi connectivity index (χ2v) is 12.7. The van der Waals surface area contributed by atoms with E-state index in [1.807, 2.05) is 67.6 Å². The van der Waals surface area contributed by atoms with Gasteiger partial charge in [0.15, 0.2) is 5.84 Å². The molecule has 0 fully saturated rings. The van der Waals surface area contributed by atoms with Crippen LogP contribution in [-0.2, 0) is 0 Å². The van der Waals surface area contributed by atoms with Crippen LogP contribution in [0.5, 0.6) is 0 Å². The van der Waals surface area contributed by atoms with Crippen molar-refractivity contribution in [3.8, 4) is 16.8 Å². The molecule has 0 N–H and O–H groups in total. The Hall–Kier alpha value is -6.78. The largest absolute Gasteiger partial charge is 0.456 e. The third-order valence-corrected chi connectivity index (χ3v) is 9.57. The first kappa shape index (κ1) is 30.3. The van der Waals surface area contributed by atoms with Gasteiger partial charge in [-0.15, -0.1) is 0 Å². The molecule has 4 nitrogen and oxygen atoms in total. The van der Waals surface area contributed by atoms with Crippen LogP contribution in [-0.4, -0.2) is 16.1 Å². The summed E-state index contributed by atoms with van der Waals surface area (Å²) in [6.07, 6.45) is 0. The number of aromatic nitrogens is 1. The minimum Gasteiger partial charge on any atom is -0.456 e. The molecule has 0 saturated carbocycles. The van der Waals surface area contributed by atoms with Crippen LogP contribution >= 0.6 is 0 Å². The van der Waals surface area contributed by atoms with Crippen molar-refractivity contribution in [2.45, 2.75) is 6.92 Å². The van der Waals surface area contributed by atoms with Gasteiger partial charge in [-0.25, -0.2) is 9.98 Å². The highest BCUT2D eigenvalue weighted by atomic mass is 16.3. The zero-order valence-electron chi connectivity index (χ0n) is 28.1. The molecule has 7 aromatic carbocycles. The Labute approximate surface area is 296 Å². The van der Waals surface area contributed by atoms with Crippen LogP contribution in [0.3, 0.4) is 0 Å². The molecule has 0 bridgehead atoms. The highest BCUT2D eigenvalue weighted by Crippen LogP contribution is 2.38. The number of rotatable bonds is 6. The van der Waals surface area contributed by atoms with E-state index in [4.69, 9.17) is 14.4 Å². The summed E-state index contributed by atoms with van der Waals surface area (Å²) in [7, 11) is 0. The number of hydrogen-bond donors (Lipinski definition) is 0. The van der Waals surface area contributed by atoms with Crippen LogP contribution in [0.15, 0.2) is 191 Å². The Morgan fingerprint density at radius 1 is 0.529 bits per heavy atom. The average molecular weight is 656 g/mol. The summed E-state index contributed by atoms with van der Waals surface area (Å²) >= 11 is 0. The van der Waals surface area contributed by atoms with E-state index in [1.54, 1.807) is 0 Å². The van der Waals surface area contributed by atoms with E-state index in [0.717, 1.165) is 61.2 Å². The molecule has 2 aromatic heterocycles. The second-order valence-electron chi connectivity index (χ2n) is 12.7. The summed E-state index contributed by atoms with van der Waals surface area (Å²) in [5.41, 5.74) is 11.7. The second kappa shape index (κ2) is 12.6. The molecule has 0 aliphatic heterocycles. The van der Waals surface area contributed by atoms with Gasteiger partial charge in [-0.2, -0.15) is 0 Å². The van der Waals surface area contributed by atoms with Crippen molar-refractivity contribution < 1.29 is 4.42 Å². The maximum absolute atomic E-state index is 6.57. The minimum atomic E-state index is 0.586. The maximum atomic E-state index is 6.57. The van der Waals surface area contributed by atoms with Crippen molar-refractivity contribution in [2.24, 2.45) is 9.98 Å². The highest BCUT2D eigenvalue weighted by Gasteiger charge is 2.18. The molecule has 51 heavy (non-hydrogen) atoms. The van der Waals surface area contributed by atoms with Gasteiger partial charge >= 0.3 is 0 Å². The number of hydrogen-bond acceptors (Lipinski definition) is 2. The Balaban J connectivity index is 1.18. The van der Waals surface area contributed by atoms with Gasteiger partial charge in [0.2, 0.25) is 0 Å². The Morgan fingerprint density at radius 2 is 1.18 bits per heavy atom. The molecule has 0 aliphatic rings. The van der Waals surface area contributed by atoms with Crippen LogP contribution in [0.4, 0.5) is 0 Å². The van der Waals surface area contributed by atoms with Gasteiger partial charge in [-0.3, -0.25) is 0 Å². The van der Waals surface area contributed by atoms with Gasteiger partial charge in [0.1, 0.15) is 11.2 Å². The van der Waals surface area contributed by atoms with Crippen molar-refractivity contribution >= 4 is 61.0 Å². The molecule has 0 aliphatic carbocycles. The van der Waals surface area contributed by atoms with E-state index in [-0.39, 0.29) is 0 Å². The number of nitrogens with zero attached hydrogens (tertiary/aromatic N) is 3. The lowest BCUT2D eigenvalue weighted by Crippen LogP contribution is -2.04. The van der Waals surface area contributed by atoms with Gasteiger partial charge in [-0.05, 0) is 77.7 Å². The molecular weight excluding hydrogens is 623 g/mol. The van der Waals surface area contributed by atoms with E-state index >= 15 is 0 Å². The van der Waals surface area contributed by atoms with Crippen LogP contribution < -0.4 is 0 Å². The predicted molar refractivity (Wildman–Crippen MR) is 214 cm³/mol. The van der Waals surface area contributed by atoms with Crippen LogP contribution in [0, 0.1) is 0 Å². The molecule has 242 valence electrons. The van der Waals surface area contributed by atoms with E-state index in [9.17, 15) is 0 Å². The fourth-order valence-corrected chi connectivity index (χ4v) is 7.07. The molecule has 9 aromatic rings. The molecule has 4 heteroatoms. The van der Waals surface area contributed by atoms with E-state index in [1.165, 1.54) is 21.8 Å². The smallest absolute Gasteiger partial charge is 0.160 e. The summed E-state index contributed by atoms with van der Waals surface area (Å²) in [6, 6.07) is 58.7. The summed E-state index contributed by atoms with van der Waals surface area (Å²) in [4.78, 5) is 10.2. The quantitative estimate of drug-likeness (QED) is 0.130. The number of amidine groups is 1. The molecule has 2 heterocycles. The number of benzene rings is 7. The third-order valence-electron chi connectivity index (χ3n) is 9.57. The predicted octanol–water partition coefficient (Wildman–Crippen LogP) is 12.3. The van der Waals surface area contributed by atoms with Crippen LogP contribution in [0.25, 0.3) is 66.3 Å². The zero-order chi connectivity index (χ0) is 34.3. The summed E-state index contributed by atoms with van der Waals surface area (Å²) < 4.78 is 8.91. The molecule has 0 radical (unpaired) electrons. The Kier molecular flexibility index (Phi) is 7.48. The fraction of sp³-hybridized carbons (Fsp3) is 0.0213. The topological polar surface area (TPSA) is 42.8 Å². The first-order valence-electron chi connectivity index (χ1n) is 17.1. The zero-order valence-corrected chi connectivity index (χ0v) is 28.1. The average Bonchev–Trinajstić information content (AvgIpc) is 3.73. The van der Waals surface area contributed by atoms with Gasteiger partial charge < -0.3 is 8.98 Å². The lowest BCUT2D eigenvalue weighted by atomic mass is 10.00. The third kappa shape index (κ3) is 5.44. The number of para-hydroxylation sites is 2. The van der Waals surface area contributed by atoms with Gasteiger partial charge in [0.05, 0.1) is 16.7 Å². The molecule has 9 rings (SSSR count). The molecule has 0 atom stereocenters. The summed E-state index contributed by atoms with van der Waals surface area (Å²) in [6.45, 7) is 6.34. The Bertz CT molecular complexity index is 2800. The Morgan fingerprint density at radius 3 is 1.96 bits per heavy atom. The first-order valence-corrected chi connectivity index (χ1v) is 17.1. The van der Waals surface area contributed by atoms with Crippen molar-refractivity contribution in [3.05, 3.63) is 193 Å². The monoisotopic (exact) mass is 655 g/mol. The molecule has 0 unspecified atom stereocenters. The van der Waals surface area contributed by atoms with Crippen molar-refractivity contribution in [1.29, 1.82) is 0 Å². The van der Waals surface area contributed by atoms with Crippen molar-refractivity contribution in [2.75, 3.05) is 0 Å². The number of fused-ring (bicyclic) bond motifs is 6. The highest BCUT2D eigenvalue weighted by molar-refractivity contribution is 6.22. The van der Waals surface area contributed by atoms with Gasteiger partial charge in [-0.1, -0.05) is 128 Å². The SMILES string of the molecule is C=C(N=C(N=C(C)c1ccccc1)c1cccc2oc3cc(-c4ccc5c(c4)c4ccccc4n5-c4ccccc4)ccc3c12)c1ccccc1. The molecule has 0 saturated heterocycles. The molecular formula is C47H33N3O. The van der Waals surface area contributed by atoms with E-state index in [0.29, 0.717) is 11.5 Å². The maximum Gasteiger partial charge on any atom is 0.160 e. The number of aliphatic imine (C=N–C) groups is 2. The van der Waals surface area contributed by atoms with Gasteiger partial charge in [0.25, 0.3) is 0 Å². The minimum absolute atomic E-state index is 0.586. The van der Waals surface area contributed by atoms with Crippen molar-refractivity contribution in [3.63, 3.8) is 0 Å².